The molecular weight excluding hydrogens is 220 g/mol. The lowest BCUT2D eigenvalue weighted by Gasteiger charge is -2.12. The fourth-order valence-electron chi connectivity index (χ4n) is 1.36. The smallest absolute Gasteiger partial charge is 0.203 e. The SMILES string of the molecule is C=C(C)CCC(C)NCCc1nnc(N)s1. The van der Waals surface area contributed by atoms with Gasteiger partial charge in [-0.1, -0.05) is 16.9 Å². The van der Waals surface area contributed by atoms with Crippen molar-refractivity contribution in [2.45, 2.75) is 39.2 Å². The van der Waals surface area contributed by atoms with Gasteiger partial charge in [-0.3, -0.25) is 0 Å². The van der Waals surface area contributed by atoms with Gasteiger partial charge in [-0.25, -0.2) is 0 Å². The number of hydrogen-bond acceptors (Lipinski definition) is 5. The van der Waals surface area contributed by atoms with Gasteiger partial charge in [0, 0.05) is 19.0 Å². The van der Waals surface area contributed by atoms with Gasteiger partial charge in [-0.2, -0.15) is 0 Å². The first-order chi connectivity index (χ1) is 7.58. The van der Waals surface area contributed by atoms with Crippen molar-refractivity contribution in [3.63, 3.8) is 0 Å². The van der Waals surface area contributed by atoms with Gasteiger partial charge in [-0.05, 0) is 26.7 Å². The minimum atomic E-state index is 0.516. The molecule has 3 N–H and O–H groups in total. The molecule has 0 fully saturated rings. The first-order valence-corrected chi connectivity index (χ1v) is 6.35. The topological polar surface area (TPSA) is 63.8 Å². The molecule has 1 heterocycles. The number of anilines is 1. The molecule has 0 spiro atoms. The molecule has 4 nitrogen and oxygen atoms in total. The van der Waals surface area contributed by atoms with E-state index in [1.807, 2.05) is 0 Å². The van der Waals surface area contributed by atoms with Crippen molar-refractivity contribution >= 4 is 16.5 Å². The minimum absolute atomic E-state index is 0.516. The number of nitrogen functional groups attached to an aromatic ring is 1. The first-order valence-electron chi connectivity index (χ1n) is 5.53. The van der Waals surface area contributed by atoms with Crippen molar-refractivity contribution in [3.05, 3.63) is 17.2 Å². The summed E-state index contributed by atoms with van der Waals surface area (Å²) in [4.78, 5) is 0. The van der Waals surface area contributed by atoms with Gasteiger partial charge < -0.3 is 11.1 Å². The van der Waals surface area contributed by atoms with Gasteiger partial charge in [-0.15, -0.1) is 16.8 Å². The predicted molar refractivity (Wildman–Crippen MR) is 69.5 cm³/mol. The normalized spacial score (nSPS) is 12.6. The Labute approximate surface area is 101 Å². The summed E-state index contributed by atoms with van der Waals surface area (Å²) >= 11 is 1.46. The molecule has 1 aromatic rings. The van der Waals surface area contributed by atoms with Crippen LogP contribution >= 0.6 is 11.3 Å². The molecule has 0 radical (unpaired) electrons. The fraction of sp³-hybridized carbons (Fsp3) is 0.636. The molecule has 1 unspecified atom stereocenters. The number of allylic oxidation sites excluding steroid dienone is 1. The van der Waals surface area contributed by atoms with Crippen LogP contribution in [0.15, 0.2) is 12.2 Å². The maximum atomic E-state index is 5.51. The second-order valence-corrected chi connectivity index (χ2v) is 5.23. The number of nitrogens with one attached hydrogen (secondary N) is 1. The van der Waals surface area contributed by atoms with Crippen molar-refractivity contribution in [2.75, 3.05) is 12.3 Å². The van der Waals surface area contributed by atoms with E-state index in [1.165, 1.54) is 16.9 Å². The summed E-state index contributed by atoms with van der Waals surface area (Å²) in [6.07, 6.45) is 3.11. The molecule has 0 aliphatic rings. The highest BCUT2D eigenvalue weighted by molar-refractivity contribution is 7.15. The molecule has 1 aromatic heterocycles. The van der Waals surface area contributed by atoms with E-state index in [9.17, 15) is 0 Å². The fourth-order valence-corrected chi connectivity index (χ4v) is 1.97. The number of nitrogens with two attached hydrogens (primary N) is 1. The average Bonchev–Trinajstić information content (AvgIpc) is 2.61. The van der Waals surface area contributed by atoms with Crippen LogP contribution in [-0.2, 0) is 6.42 Å². The lowest BCUT2D eigenvalue weighted by molar-refractivity contribution is 0.516. The Hall–Kier alpha value is -0.940. The van der Waals surface area contributed by atoms with E-state index in [4.69, 9.17) is 5.73 Å². The van der Waals surface area contributed by atoms with Crippen LogP contribution in [0.3, 0.4) is 0 Å². The minimum Gasteiger partial charge on any atom is -0.374 e. The quantitative estimate of drug-likeness (QED) is 0.715. The molecule has 16 heavy (non-hydrogen) atoms. The molecule has 0 aliphatic carbocycles. The van der Waals surface area contributed by atoms with Crippen LogP contribution in [0.25, 0.3) is 0 Å². The van der Waals surface area contributed by atoms with Crippen molar-refractivity contribution < 1.29 is 0 Å². The number of hydrogen-bond donors (Lipinski definition) is 2. The van der Waals surface area contributed by atoms with Crippen LogP contribution < -0.4 is 11.1 Å². The standard InChI is InChI=1S/C11H20N4S/c1-8(2)4-5-9(3)13-7-6-10-14-15-11(12)16-10/h9,13H,1,4-7H2,2-3H3,(H2,12,15). The van der Waals surface area contributed by atoms with Crippen LogP contribution in [0.2, 0.25) is 0 Å². The van der Waals surface area contributed by atoms with E-state index < -0.39 is 0 Å². The molecule has 0 saturated heterocycles. The lowest BCUT2D eigenvalue weighted by atomic mass is 10.1. The summed E-state index contributed by atoms with van der Waals surface area (Å²) in [6.45, 7) is 9.08. The summed E-state index contributed by atoms with van der Waals surface area (Å²) in [6, 6.07) is 0.516. The summed E-state index contributed by atoms with van der Waals surface area (Å²) in [5, 5.41) is 12.8. The third kappa shape index (κ3) is 5.23. The van der Waals surface area contributed by atoms with Gasteiger partial charge in [0.2, 0.25) is 5.13 Å². The van der Waals surface area contributed by atoms with Crippen LogP contribution in [0.1, 0.15) is 31.7 Å². The Bertz CT molecular complexity index is 334. The molecule has 1 atom stereocenters. The van der Waals surface area contributed by atoms with Crippen LogP contribution in [0.4, 0.5) is 5.13 Å². The second kappa shape index (κ2) is 6.60. The number of rotatable bonds is 7. The Morgan fingerprint density at radius 3 is 2.88 bits per heavy atom. The number of aromatic nitrogens is 2. The van der Waals surface area contributed by atoms with Gasteiger partial charge in [0.05, 0.1) is 0 Å². The van der Waals surface area contributed by atoms with E-state index in [1.54, 1.807) is 0 Å². The highest BCUT2D eigenvalue weighted by Gasteiger charge is 2.03. The van der Waals surface area contributed by atoms with Gasteiger partial charge in [0.25, 0.3) is 0 Å². The molecule has 0 amide bonds. The molecule has 5 heteroatoms. The van der Waals surface area contributed by atoms with Crippen molar-refractivity contribution in [3.8, 4) is 0 Å². The summed E-state index contributed by atoms with van der Waals surface area (Å²) in [5.74, 6) is 0. The van der Waals surface area contributed by atoms with E-state index in [0.717, 1.165) is 30.8 Å². The third-order valence-corrected chi connectivity index (χ3v) is 3.13. The second-order valence-electron chi connectivity index (χ2n) is 4.13. The highest BCUT2D eigenvalue weighted by atomic mass is 32.1. The predicted octanol–water partition coefficient (Wildman–Crippen LogP) is 2.00. The van der Waals surface area contributed by atoms with Gasteiger partial charge >= 0.3 is 0 Å². The molecular formula is C11H20N4S. The van der Waals surface area contributed by atoms with Crippen LogP contribution in [0, 0.1) is 0 Å². The molecule has 0 aromatic carbocycles. The summed E-state index contributed by atoms with van der Waals surface area (Å²) < 4.78 is 0. The Morgan fingerprint density at radius 1 is 1.56 bits per heavy atom. The van der Waals surface area contributed by atoms with Crippen molar-refractivity contribution in [2.24, 2.45) is 0 Å². The lowest BCUT2D eigenvalue weighted by Crippen LogP contribution is -2.28. The molecule has 90 valence electrons. The van der Waals surface area contributed by atoms with E-state index in [0.29, 0.717) is 11.2 Å². The zero-order chi connectivity index (χ0) is 12.0. The maximum Gasteiger partial charge on any atom is 0.203 e. The largest absolute Gasteiger partial charge is 0.374 e. The zero-order valence-electron chi connectivity index (χ0n) is 9.99. The Morgan fingerprint density at radius 2 is 2.31 bits per heavy atom. The average molecular weight is 240 g/mol. The number of nitrogens with zero attached hydrogens (tertiary/aromatic N) is 2. The first kappa shape index (κ1) is 13.1. The molecule has 0 bridgehead atoms. The van der Waals surface area contributed by atoms with Crippen molar-refractivity contribution in [1.82, 2.24) is 15.5 Å². The van der Waals surface area contributed by atoms with Gasteiger partial charge in [0.1, 0.15) is 5.01 Å². The Balaban J connectivity index is 2.13. The van der Waals surface area contributed by atoms with Crippen LogP contribution in [0.5, 0.6) is 0 Å². The highest BCUT2D eigenvalue weighted by Crippen LogP contribution is 2.11. The Kier molecular flexibility index (Phi) is 5.42. The molecule has 0 aliphatic heterocycles. The van der Waals surface area contributed by atoms with Crippen molar-refractivity contribution in [1.29, 1.82) is 0 Å². The van der Waals surface area contributed by atoms with E-state index >= 15 is 0 Å². The van der Waals surface area contributed by atoms with E-state index in [-0.39, 0.29) is 0 Å². The monoisotopic (exact) mass is 240 g/mol. The summed E-state index contributed by atoms with van der Waals surface area (Å²) in [7, 11) is 0. The summed E-state index contributed by atoms with van der Waals surface area (Å²) in [5.41, 5.74) is 6.75. The molecule has 0 saturated carbocycles. The maximum absolute atomic E-state index is 5.51. The zero-order valence-corrected chi connectivity index (χ0v) is 10.8. The van der Waals surface area contributed by atoms with E-state index in [2.05, 4.69) is 35.9 Å². The van der Waals surface area contributed by atoms with Crippen LogP contribution in [-0.4, -0.2) is 22.8 Å². The third-order valence-electron chi connectivity index (χ3n) is 2.32. The molecule has 1 rings (SSSR count). The van der Waals surface area contributed by atoms with Gasteiger partial charge in [0.15, 0.2) is 0 Å².